The van der Waals surface area contributed by atoms with E-state index in [4.69, 9.17) is 4.74 Å². The van der Waals surface area contributed by atoms with Gasteiger partial charge in [0.15, 0.2) is 0 Å². The molecule has 0 saturated carbocycles. The highest BCUT2D eigenvalue weighted by Crippen LogP contribution is 2.22. The Balaban J connectivity index is 2.15. The molecular formula is C12H19N3O3S. The minimum absolute atomic E-state index is 0.491. The van der Waals surface area contributed by atoms with E-state index >= 15 is 0 Å². The smallest absolute Gasteiger partial charge is 0.301 e. The van der Waals surface area contributed by atoms with Crippen LogP contribution >= 0.6 is 0 Å². The minimum atomic E-state index is -3.48. The van der Waals surface area contributed by atoms with Crippen molar-refractivity contribution in [3.05, 3.63) is 23.8 Å². The summed E-state index contributed by atoms with van der Waals surface area (Å²) in [6, 6.07) is 5.26. The summed E-state index contributed by atoms with van der Waals surface area (Å²) in [4.78, 5) is 0. The molecule has 0 radical (unpaired) electrons. The quantitative estimate of drug-likeness (QED) is 0.848. The summed E-state index contributed by atoms with van der Waals surface area (Å²) < 4.78 is 33.6. The molecule has 1 aliphatic heterocycles. The van der Waals surface area contributed by atoms with Crippen LogP contribution in [0.25, 0.3) is 0 Å². The van der Waals surface area contributed by atoms with Crippen molar-refractivity contribution in [2.45, 2.75) is 6.92 Å². The largest absolute Gasteiger partial charge is 0.497 e. The van der Waals surface area contributed by atoms with E-state index in [1.54, 1.807) is 25.3 Å². The van der Waals surface area contributed by atoms with E-state index in [0.29, 0.717) is 37.6 Å². The molecule has 1 aliphatic rings. The molecule has 7 heteroatoms. The van der Waals surface area contributed by atoms with Crippen molar-refractivity contribution >= 4 is 15.9 Å². The van der Waals surface area contributed by atoms with Gasteiger partial charge in [-0.25, -0.2) is 0 Å². The molecule has 2 rings (SSSR count). The molecule has 0 aliphatic carbocycles. The number of aryl methyl sites for hydroxylation is 1. The average molecular weight is 285 g/mol. The van der Waals surface area contributed by atoms with E-state index in [-0.39, 0.29) is 0 Å². The first kappa shape index (κ1) is 14.1. The summed E-state index contributed by atoms with van der Waals surface area (Å²) >= 11 is 0. The van der Waals surface area contributed by atoms with E-state index < -0.39 is 10.2 Å². The van der Waals surface area contributed by atoms with Gasteiger partial charge in [0.05, 0.1) is 12.8 Å². The second-order valence-corrected chi connectivity index (χ2v) is 6.11. The number of nitrogens with zero attached hydrogens (tertiary/aromatic N) is 1. The molecule has 0 bridgehead atoms. The number of piperazine rings is 1. The number of hydrogen-bond donors (Lipinski definition) is 2. The number of anilines is 1. The van der Waals surface area contributed by atoms with Crippen LogP contribution in [0.3, 0.4) is 0 Å². The molecule has 0 aromatic heterocycles. The van der Waals surface area contributed by atoms with Crippen LogP contribution in [0.1, 0.15) is 5.56 Å². The first-order valence-corrected chi connectivity index (χ1v) is 7.60. The van der Waals surface area contributed by atoms with Gasteiger partial charge in [0, 0.05) is 26.2 Å². The topological polar surface area (TPSA) is 70.7 Å². The third-order valence-electron chi connectivity index (χ3n) is 3.09. The van der Waals surface area contributed by atoms with E-state index in [0.717, 1.165) is 5.56 Å². The summed E-state index contributed by atoms with van der Waals surface area (Å²) in [5.74, 6) is 0.711. The monoisotopic (exact) mass is 285 g/mol. The second-order valence-electron chi connectivity index (χ2n) is 4.44. The third-order valence-corrected chi connectivity index (χ3v) is 4.61. The minimum Gasteiger partial charge on any atom is -0.497 e. The van der Waals surface area contributed by atoms with E-state index in [2.05, 4.69) is 10.0 Å². The lowest BCUT2D eigenvalue weighted by atomic mass is 10.2. The van der Waals surface area contributed by atoms with Crippen LogP contribution in [0.5, 0.6) is 5.75 Å². The van der Waals surface area contributed by atoms with Gasteiger partial charge in [-0.1, -0.05) is 0 Å². The fraction of sp³-hybridized carbons (Fsp3) is 0.500. The first-order valence-electron chi connectivity index (χ1n) is 6.16. The summed E-state index contributed by atoms with van der Waals surface area (Å²) in [6.07, 6.45) is 0. The van der Waals surface area contributed by atoms with Crippen molar-refractivity contribution in [3.63, 3.8) is 0 Å². The van der Waals surface area contributed by atoms with Gasteiger partial charge in [0.25, 0.3) is 0 Å². The standard InChI is InChI=1S/C12H19N3O3S/c1-10-9-11(18-2)3-4-12(10)14-19(16,17)15-7-5-13-6-8-15/h3-4,9,13-14H,5-8H2,1-2H3. The zero-order chi connectivity index (χ0) is 13.9. The SMILES string of the molecule is COc1ccc(NS(=O)(=O)N2CCNCC2)c(C)c1. The van der Waals surface area contributed by atoms with Crippen LogP contribution in [0, 0.1) is 6.92 Å². The number of hydrogen-bond acceptors (Lipinski definition) is 4. The predicted octanol–water partition coefficient (Wildman–Crippen LogP) is 0.566. The van der Waals surface area contributed by atoms with Gasteiger partial charge < -0.3 is 10.1 Å². The van der Waals surface area contributed by atoms with Crippen molar-refractivity contribution in [2.24, 2.45) is 0 Å². The fourth-order valence-corrected chi connectivity index (χ4v) is 3.27. The Morgan fingerprint density at radius 1 is 1.32 bits per heavy atom. The number of nitrogens with one attached hydrogen (secondary N) is 2. The number of benzene rings is 1. The molecule has 106 valence electrons. The van der Waals surface area contributed by atoms with Crippen LogP contribution in [0.2, 0.25) is 0 Å². The van der Waals surface area contributed by atoms with Crippen LogP contribution in [0.15, 0.2) is 18.2 Å². The van der Waals surface area contributed by atoms with Crippen LogP contribution in [-0.2, 0) is 10.2 Å². The molecule has 1 aromatic rings. The maximum Gasteiger partial charge on any atom is 0.301 e. The van der Waals surface area contributed by atoms with Crippen molar-refractivity contribution in [3.8, 4) is 5.75 Å². The molecule has 0 spiro atoms. The molecule has 1 fully saturated rings. The van der Waals surface area contributed by atoms with Gasteiger partial charge >= 0.3 is 10.2 Å². The molecule has 19 heavy (non-hydrogen) atoms. The van der Waals surface area contributed by atoms with Gasteiger partial charge in [-0.05, 0) is 30.7 Å². The molecule has 2 N–H and O–H groups in total. The maximum absolute atomic E-state index is 12.2. The normalized spacial score (nSPS) is 17.2. The first-order chi connectivity index (χ1) is 9.03. The molecule has 1 saturated heterocycles. The molecule has 1 aromatic carbocycles. The highest BCUT2D eigenvalue weighted by atomic mass is 32.2. The average Bonchev–Trinajstić information content (AvgIpc) is 2.42. The van der Waals surface area contributed by atoms with E-state index in [1.807, 2.05) is 6.92 Å². The van der Waals surface area contributed by atoms with Crippen molar-refractivity contribution < 1.29 is 13.2 Å². The van der Waals surface area contributed by atoms with Gasteiger partial charge in [-0.2, -0.15) is 12.7 Å². The van der Waals surface area contributed by atoms with Gasteiger partial charge in [0.1, 0.15) is 5.75 Å². The number of methoxy groups -OCH3 is 1. The van der Waals surface area contributed by atoms with E-state index in [9.17, 15) is 8.42 Å². The second kappa shape index (κ2) is 5.77. The zero-order valence-electron chi connectivity index (χ0n) is 11.1. The lowest BCUT2D eigenvalue weighted by molar-refractivity contribution is 0.362. The van der Waals surface area contributed by atoms with E-state index in [1.165, 1.54) is 4.31 Å². The predicted molar refractivity (Wildman–Crippen MR) is 74.7 cm³/mol. The van der Waals surface area contributed by atoms with Crippen molar-refractivity contribution in [1.82, 2.24) is 9.62 Å². The summed E-state index contributed by atoms with van der Waals surface area (Å²) in [7, 11) is -1.89. The van der Waals surface area contributed by atoms with Crippen molar-refractivity contribution in [2.75, 3.05) is 38.0 Å². The third kappa shape index (κ3) is 3.37. The Morgan fingerprint density at radius 2 is 2.00 bits per heavy atom. The van der Waals surface area contributed by atoms with Crippen LogP contribution in [-0.4, -0.2) is 46.0 Å². The lowest BCUT2D eigenvalue weighted by Crippen LogP contribution is -2.48. The Hall–Kier alpha value is -1.31. The summed E-state index contributed by atoms with van der Waals surface area (Å²) in [5, 5.41) is 3.13. The molecule has 1 heterocycles. The Kier molecular flexibility index (Phi) is 4.28. The highest BCUT2D eigenvalue weighted by Gasteiger charge is 2.23. The molecule has 6 nitrogen and oxygen atoms in total. The highest BCUT2D eigenvalue weighted by molar-refractivity contribution is 7.90. The van der Waals surface area contributed by atoms with Gasteiger partial charge in [0.2, 0.25) is 0 Å². The maximum atomic E-state index is 12.2. The molecular weight excluding hydrogens is 266 g/mol. The van der Waals surface area contributed by atoms with Gasteiger partial charge in [-0.15, -0.1) is 0 Å². The molecule has 0 amide bonds. The fourth-order valence-electron chi connectivity index (χ4n) is 1.97. The molecule has 0 unspecified atom stereocenters. The van der Waals surface area contributed by atoms with Gasteiger partial charge in [-0.3, -0.25) is 4.72 Å². The lowest BCUT2D eigenvalue weighted by Gasteiger charge is -2.27. The Bertz CT molecular complexity index is 539. The summed E-state index contributed by atoms with van der Waals surface area (Å²) in [5.41, 5.74) is 1.41. The summed E-state index contributed by atoms with van der Waals surface area (Å²) in [6.45, 7) is 4.19. The molecule has 0 atom stereocenters. The van der Waals surface area contributed by atoms with Crippen LogP contribution < -0.4 is 14.8 Å². The Morgan fingerprint density at radius 3 is 2.58 bits per heavy atom. The number of ether oxygens (including phenoxy) is 1. The van der Waals surface area contributed by atoms with Crippen molar-refractivity contribution in [1.29, 1.82) is 0 Å². The van der Waals surface area contributed by atoms with Crippen LogP contribution in [0.4, 0.5) is 5.69 Å². The Labute approximate surface area is 113 Å². The zero-order valence-corrected chi connectivity index (χ0v) is 12.0. The number of rotatable bonds is 4.